The Morgan fingerprint density at radius 3 is 1.62 bits per heavy atom. The van der Waals surface area contributed by atoms with Crippen LogP contribution in [0.1, 0.15) is 113 Å². The van der Waals surface area contributed by atoms with Gasteiger partial charge in [0.15, 0.2) is 0 Å². The molecule has 1 aliphatic heterocycles. The van der Waals surface area contributed by atoms with Crippen LogP contribution in [0.3, 0.4) is 0 Å². The summed E-state index contributed by atoms with van der Waals surface area (Å²) in [6.45, 7) is 25.6. The molecule has 152 valence electrons. The lowest BCUT2D eigenvalue weighted by molar-refractivity contribution is 0.688. The first-order valence-electron chi connectivity index (χ1n) is 10.5. The van der Waals surface area contributed by atoms with Gasteiger partial charge in [-0.05, 0) is 29.2 Å². The number of rotatable bonds is 4. The number of nitrogens with one attached hydrogen (secondary N) is 1. The molecule has 0 fully saturated rings. The van der Waals surface area contributed by atoms with Crippen molar-refractivity contribution in [3.05, 3.63) is 29.0 Å². The number of aromatic nitrogens is 2. The quantitative estimate of drug-likeness (QED) is 0.584. The number of aliphatic imine (C=N–C) groups is 1. The molecule has 0 saturated heterocycles. The van der Waals surface area contributed by atoms with Crippen LogP contribution in [-0.2, 0) is 0 Å². The van der Waals surface area contributed by atoms with Crippen molar-refractivity contribution in [1.29, 1.82) is 0 Å². The molecular formula is C23H45N3. The van der Waals surface area contributed by atoms with Gasteiger partial charge < -0.3 is 4.98 Å². The minimum Gasteiger partial charge on any atom is -0.348 e. The molecule has 0 aliphatic carbocycles. The summed E-state index contributed by atoms with van der Waals surface area (Å²) in [7, 11) is 0. The van der Waals surface area contributed by atoms with Crippen molar-refractivity contribution in [2.24, 2.45) is 16.8 Å². The lowest BCUT2D eigenvalue weighted by Crippen LogP contribution is -1.98. The second kappa shape index (κ2) is 14.8. The van der Waals surface area contributed by atoms with E-state index in [0.29, 0.717) is 23.7 Å². The molecule has 3 nitrogen and oxygen atoms in total. The standard InChI is InChI=1S/C10H17N.C9H16N2.2C2H6/c1-7(2)9-5-6-11-10(9)8(3)4;1-6(2)8-9(7(3)4)11-5-10-8;2*1-2/h6-8H,5H2,1-4H3;5-7H,1-4H3,(H,10,11);2*1-2H3. The van der Waals surface area contributed by atoms with E-state index in [4.69, 9.17) is 0 Å². The number of imidazole rings is 1. The number of nitrogens with zero attached hydrogens (tertiary/aromatic N) is 2. The van der Waals surface area contributed by atoms with Gasteiger partial charge in [-0.3, -0.25) is 4.99 Å². The topological polar surface area (TPSA) is 41.0 Å². The molecule has 0 amide bonds. The van der Waals surface area contributed by atoms with E-state index in [2.05, 4.69) is 70.4 Å². The Labute approximate surface area is 163 Å². The first-order chi connectivity index (χ1) is 12.3. The van der Waals surface area contributed by atoms with Gasteiger partial charge in [-0.15, -0.1) is 0 Å². The first-order valence-corrected chi connectivity index (χ1v) is 10.5. The number of aromatic amines is 1. The van der Waals surface area contributed by atoms with E-state index in [1.54, 1.807) is 6.33 Å². The summed E-state index contributed by atoms with van der Waals surface area (Å²) in [6.07, 6.45) is 4.89. The Morgan fingerprint density at radius 1 is 0.769 bits per heavy atom. The first kappa shape index (κ1) is 26.8. The number of hydrogen-bond acceptors (Lipinski definition) is 2. The molecule has 1 aromatic rings. The largest absolute Gasteiger partial charge is 0.348 e. The van der Waals surface area contributed by atoms with E-state index < -0.39 is 0 Å². The maximum absolute atomic E-state index is 4.39. The molecule has 0 radical (unpaired) electrons. The number of H-pyrrole nitrogens is 1. The summed E-state index contributed by atoms with van der Waals surface area (Å²) >= 11 is 0. The molecule has 1 N–H and O–H groups in total. The van der Waals surface area contributed by atoms with Gasteiger partial charge in [0.1, 0.15) is 0 Å². The second-order valence-electron chi connectivity index (χ2n) is 7.25. The predicted molar refractivity (Wildman–Crippen MR) is 119 cm³/mol. The Bertz CT molecular complexity index is 495. The number of hydrogen-bond donors (Lipinski definition) is 1. The molecule has 0 atom stereocenters. The highest BCUT2D eigenvalue weighted by molar-refractivity contribution is 5.67. The highest BCUT2D eigenvalue weighted by Gasteiger charge is 2.15. The van der Waals surface area contributed by atoms with Crippen molar-refractivity contribution in [2.75, 3.05) is 0 Å². The average Bonchev–Trinajstić information content (AvgIpc) is 3.28. The van der Waals surface area contributed by atoms with Crippen LogP contribution in [0, 0.1) is 11.8 Å². The molecule has 1 aliphatic rings. The van der Waals surface area contributed by atoms with E-state index >= 15 is 0 Å². The van der Waals surface area contributed by atoms with Crippen molar-refractivity contribution >= 4 is 6.21 Å². The second-order valence-corrected chi connectivity index (χ2v) is 7.25. The minimum atomic E-state index is 0.527. The van der Waals surface area contributed by atoms with Crippen molar-refractivity contribution in [1.82, 2.24) is 9.97 Å². The fraction of sp³-hybridized carbons (Fsp3) is 0.739. The van der Waals surface area contributed by atoms with Crippen LogP contribution in [0.4, 0.5) is 0 Å². The smallest absolute Gasteiger partial charge is 0.0925 e. The van der Waals surface area contributed by atoms with Gasteiger partial charge >= 0.3 is 0 Å². The molecule has 2 rings (SSSR count). The van der Waals surface area contributed by atoms with Crippen LogP contribution >= 0.6 is 0 Å². The van der Waals surface area contributed by atoms with Crippen LogP contribution in [0.2, 0.25) is 0 Å². The van der Waals surface area contributed by atoms with Crippen LogP contribution in [0.5, 0.6) is 0 Å². The monoisotopic (exact) mass is 363 g/mol. The van der Waals surface area contributed by atoms with Gasteiger partial charge in [-0.1, -0.05) is 83.1 Å². The fourth-order valence-corrected chi connectivity index (χ4v) is 2.72. The maximum Gasteiger partial charge on any atom is 0.0925 e. The van der Waals surface area contributed by atoms with Gasteiger partial charge in [0.2, 0.25) is 0 Å². The van der Waals surface area contributed by atoms with Crippen molar-refractivity contribution in [3.63, 3.8) is 0 Å². The van der Waals surface area contributed by atoms with Crippen molar-refractivity contribution in [3.8, 4) is 0 Å². The average molecular weight is 364 g/mol. The summed E-state index contributed by atoms with van der Waals surface area (Å²) in [5, 5.41) is 0. The molecular weight excluding hydrogens is 318 g/mol. The Morgan fingerprint density at radius 2 is 1.31 bits per heavy atom. The van der Waals surface area contributed by atoms with Gasteiger partial charge in [-0.2, -0.15) is 0 Å². The molecule has 0 bridgehead atoms. The molecule has 1 aromatic heterocycles. The molecule has 0 unspecified atom stereocenters. The zero-order valence-electron chi connectivity index (χ0n) is 19.6. The van der Waals surface area contributed by atoms with Crippen LogP contribution in [-0.4, -0.2) is 16.2 Å². The third kappa shape index (κ3) is 8.82. The van der Waals surface area contributed by atoms with Crippen LogP contribution in [0.25, 0.3) is 0 Å². The SMILES string of the molecule is CC.CC.CC(C)C1=C(C(C)C)N=CC1.CC(C)c1nc[nH]c1C(C)C. The van der Waals surface area contributed by atoms with Crippen molar-refractivity contribution < 1.29 is 0 Å². The van der Waals surface area contributed by atoms with E-state index in [0.717, 1.165) is 6.42 Å². The van der Waals surface area contributed by atoms with Gasteiger partial charge in [0, 0.05) is 24.0 Å². The lowest BCUT2D eigenvalue weighted by atomic mass is 9.96. The predicted octanol–water partition coefficient (Wildman–Crippen LogP) is 7.74. The summed E-state index contributed by atoms with van der Waals surface area (Å²) in [6, 6.07) is 0. The van der Waals surface area contributed by atoms with E-state index in [1.807, 2.05) is 33.9 Å². The molecule has 3 heteroatoms. The number of allylic oxidation sites excluding steroid dienone is 2. The zero-order chi connectivity index (χ0) is 20.9. The minimum absolute atomic E-state index is 0.527. The molecule has 0 saturated carbocycles. The van der Waals surface area contributed by atoms with Crippen LogP contribution in [0.15, 0.2) is 22.6 Å². The maximum atomic E-state index is 4.39. The normalized spacial score (nSPS) is 12.8. The van der Waals surface area contributed by atoms with E-state index in [9.17, 15) is 0 Å². The molecule has 2 heterocycles. The van der Waals surface area contributed by atoms with Crippen molar-refractivity contribution in [2.45, 2.75) is 101 Å². The van der Waals surface area contributed by atoms with E-state index in [1.165, 1.54) is 22.7 Å². The summed E-state index contributed by atoms with van der Waals surface area (Å²) in [5.74, 6) is 2.33. The summed E-state index contributed by atoms with van der Waals surface area (Å²) in [4.78, 5) is 11.8. The highest BCUT2D eigenvalue weighted by Crippen LogP contribution is 2.28. The van der Waals surface area contributed by atoms with Gasteiger partial charge in [-0.25, -0.2) is 4.98 Å². The fourth-order valence-electron chi connectivity index (χ4n) is 2.72. The van der Waals surface area contributed by atoms with Crippen LogP contribution < -0.4 is 0 Å². The third-order valence-electron chi connectivity index (χ3n) is 3.94. The lowest BCUT2D eigenvalue weighted by Gasteiger charge is -2.11. The molecule has 0 aromatic carbocycles. The molecule has 0 spiro atoms. The molecule has 26 heavy (non-hydrogen) atoms. The third-order valence-corrected chi connectivity index (χ3v) is 3.94. The Kier molecular flexibility index (Phi) is 15.2. The van der Waals surface area contributed by atoms with Gasteiger partial charge in [0.25, 0.3) is 0 Å². The Balaban J connectivity index is 0. The van der Waals surface area contributed by atoms with Gasteiger partial charge in [0.05, 0.1) is 12.0 Å². The highest BCUT2D eigenvalue weighted by atomic mass is 14.9. The zero-order valence-corrected chi connectivity index (χ0v) is 19.6. The van der Waals surface area contributed by atoms with E-state index in [-0.39, 0.29) is 0 Å². The summed E-state index contributed by atoms with van der Waals surface area (Å²) < 4.78 is 0. The Hall–Kier alpha value is -1.38. The summed E-state index contributed by atoms with van der Waals surface area (Å²) in [5.41, 5.74) is 5.33.